The van der Waals surface area contributed by atoms with Gasteiger partial charge in [0, 0.05) is 25.7 Å². The number of nitrogens with zero attached hydrogens (tertiary/aromatic N) is 3. The highest BCUT2D eigenvalue weighted by atomic mass is 19.1. The zero-order valence-corrected chi connectivity index (χ0v) is 8.97. The third-order valence-electron chi connectivity index (χ3n) is 2.36. The van der Waals surface area contributed by atoms with Crippen LogP contribution in [0.5, 0.6) is 0 Å². The average Bonchev–Trinajstić information content (AvgIpc) is 2.64. The molecule has 0 spiro atoms. The molecule has 0 fully saturated rings. The van der Waals surface area contributed by atoms with Crippen molar-refractivity contribution < 1.29 is 4.39 Å². The SMILES string of the molecule is Cn1cc(CC(N)c2cccc(F)c2)nn1. The minimum atomic E-state index is -0.271. The number of hydrogen-bond donors (Lipinski definition) is 1. The van der Waals surface area contributed by atoms with E-state index in [1.165, 1.54) is 12.1 Å². The maximum Gasteiger partial charge on any atom is 0.123 e. The Bertz CT molecular complexity index is 480. The molecule has 0 bridgehead atoms. The molecule has 0 aliphatic rings. The molecule has 5 heteroatoms. The number of aromatic nitrogens is 3. The smallest absolute Gasteiger partial charge is 0.123 e. The molecule has 2 rings (SSSR count). The molecule has 0 amide bonds. The molecular weight excluding hydrogens is 207 g/mol. The Morgan fingerprint density at radius 1 is 1.50 bits per heavy atom. The van der Waals surface area contributed by atoms with E-state index < -0.39 is 0 Å². The molecule has 0 aliphatic heterocycles. The molecule has 4 nitrogen and oxygen atoms in total. The van der Waals surface area contributed by atoms with Crippen LogP contribution in [0, 0.1) is 5.82 Å². The van der Waals surface area contributed by atoms with E-state index in [1.807, 2.05) is 6.07 Å². The molecule has 1 aromatic heterocycles. The van der Waals surface area contributed by atoms with E-state index in [-0.39, 0.29) is 11.9 Å². The number of benzene rings is 1. The molecular formula is C11H13FN4. The molecule has 2 N–H and O–H groups in total. The predicted molar refractivity (Wildman–Crippen MR) is 58.0 cm³/mol. The second-order valence-electron chi connectivity index (χ2n) is 3.75. The minimum absolute atomic E-state index is 0.257. The first-order valence-electron chi connectivity index (χ1n) is 5.01. The van der Waals surface area contributed by atoms with Crippen LogP contribution in [0.3, 0.4) is 0 Å². The lowest BCUT2D eigenvalue weighted by Gasteiger charge is -2.09. The Kier molecular flexibility index (Phi) is 2.96. The molecule has 1 aromatic carbocycles. The molecule has 0 aliphatic carbocycles. The summed E-state index contributed by atoms with van der Waals surface area (Å²) in [7, 11) is 1.80. The summed E-state index contributed by atoms with van der Waals surface area (Å²) in [6.07, 6.45) is 2.36. The monoisotopic (exact) mass is 220 g/mol. The Morgan fingerprint density at radius 2 is 2.31 bits per heavy atom. The third kappa shape index (κ3) is 2.43. The van der Waals surface area contributed by atoms with Crippen molar-refractivity contribution in [3.05, 3.63) is 47.5 Å². The van der Waals surface area contributed by atoms with Crippen LogP contribution in [0.25, 0.3) is 0 Å². The van der Waals surface area contributed by atoms with Gasteiger partial charge in [-0.15, -0.1) is 5.10 Å². The van der Waals surface area contributed by atoms with Gasteiger partial charge in [0.15, 0.2) is 0 Å². The van der Waals surface area contributed by atoms with Gasteiger partial charge in [-0.3, -0.25) is 4.68 Å². The lowest BCUT2D eigenvalue weighted by Crippen LogP contribution is -2.13. The van der Waals surface area contributed by atoms with Gasteiger partial charge in [0.25, 0.3) is 0 Å². The predicted octanol–water partition coefficient (Wildman–Crippen LogP) is 1.20. The minimum Gasteiger partial charge on any atom is -0.324 e. The summed E-state index contributed by atoms with van der Waals surface area (Å²) in [5.74, 6) is -0.271. The lowest BCUT2D eigenvalue weighted by atomic mass is 10.0. The van der Waals surface area contributed by atoms with Gasteiger partial charge in [-0.25, -0.2) is 4.39 Å². The molecule has 1 atom stereocenters. The number of halogens is 1. The van der Waals surface area contributed by atoms with Gasteiger partial charge < -0.3 is 5.73 Å². The number of hydrogen-bond acceptors (Lipinski definition) is 3. The largest absolute Gasteiger partial charge is 0.324 e. The zero-order chi connectivity index (χ0) is 11.5. The van der Waals surface area contributed by atoms with E-state index in [0.717, 1.165) is 11.3 Å². The van der Waals surface area contributed by atoms with Gasteiger partial charge in [-0.05, 0) is 17.7 Å². The fraction of sp³-hybridized carbons (Fsp3) is 0.273. The Morgan fingerprint density at radius 3 is 2.94 bits per heavy atom. The maximum atomic E-state index is 13.0. The second-order valence-corrected chi connectivity index (χ2v) is 3.75. The van der Waals surface area contributed by atoms with E-state index >= 15 is 0 Å². The molecule has 0 radical (unpaired) electrons. The van der Waals surface area contributed by atoms with Crippen molar-refractivity contribution in [2.45, 2.75) is 12.5 Å². The first-order valence-corrected chi connectivity index (χ1v) is 5.01. The van der Waals surface area contributed by atoms with Crippen molar-refractivity contribution in [3.63, 3.8) is 0 Å². The van der Waals surface area contributed by atoms with Crippen molar-refractivity contribution in [3.8, 4) is 0 Å². The Labute approximate surface area is 92.9 Å². The highest BCUT2D eigenvalue weighted by Crippen LogP contribution is 2.15. The van der Waals surface area contributed by atoms with Crippen molar-refractivity contribution in [2.24, 2.45) is 12.8 Å². The Hall–Kier alpha value is -1.75. The molecule has 1 unspecified atom stereocenters. The molecule has 84 valence electrons. The van der Waals surface area contributed by atoms with Crippen LogP contribution in [-0.4, -0.2) is 15.0 Å². The summed E-state index contributed by atoms with van der Waals surface area (Å²) in [5, 5.41) is 7.76. The van der Waals surface area contributed by atoms with E-state index in [0.29, 0.717) is 6.42 Å². The quantitative estimate of drug-likeness (QED) is 0.845. The van der Waals surface area contributed by atoms with E-state index in [4.69, 9.17) is 5.73 Å². The number of aryl methyl sites for hydroxylation is 1. The second kappa shape index (κ2) is 4.40. The van der Waals surface area contributed by atoms with Crippen LogP contribution in [0.4, 0.5) is 4.39 Å². The van der Waals surface area contributed by atoms with Crippen molar-refractivity contribution in [2.75, 3.05) is 0 Å². The lowest BCUT2D eigenvalue weighted by molar-refractivity contribution is 0.617. The average molecular weight is 220 g/mol. The van der Waals surface area contributed by atoms with Crippen molar-refractivity contribution in [1.29, 1.82) is 0 Å². The standard InChI is InChI=1S/C11H13FN4/c1-16-7-10(14-15-16)6-11(13)8-3-2-4-9(12)5-8/h2-5,7,11H,6,13H2,1H3. The van der Waals surface area contributed by atoms with Crippen LogP contribution in [0.1, 0.15) is 17.3 Å². The molecule has 2 aromatic rings. The van der Waals surface area contributed by atoms with Crippen LogP contribution < -0.4 is 5.73 Å². The van der Waals surface area contributed by atoms with Gasteiger partial charge in [0.1, 0.15) is 5.82 Å². The normalized spacial score (nSPS) is 12.7. The fourth-order valence-electron chi connectivity index (χ4n) is 1.57. The van der Waals surface area contributed by atoms with Crippen LogP contribution in [0.2, 0.25) is 0 Å². The van der Waals surface area contributed by atoms with E-state index in [9.17, 15) is 4.39 Å². The van der Waals surface area contributed by atoms with E-state index in [1.54, 1.807) is 24.0 Å². The highest BCUT2D eigenvalue weighted by Gasteiger charge is 2.09. The molecule has 16 heavy (non-hydrogen) atoms. The van der Waals surface area contributed by atoms with Crippen LogP contribution in [0.15, 0.2) is 30.5 Å². The first kappa shape index (κ1) is 10.8. The Balaban J connectivity index is 2.11. The summed E-state index contributed by atoms with van der Waals surface area (Å²) < 4.78 is 14.6. The maximum absolute atomic E-state index is 13.0. The van der Waals surface area contributed by atoms with Gasteiger partial charge >= 0.3 is 0 Å². The van der Waals surface area contributed by atoms with Crippen molar-refractivity contribution >= 4 is 0 Å². The van der Waals surface area contributed by atoms with Gasteiger partial charge in [0.05, 0.1) is 5.69 Å². The van der Waals surface area contributed by atoms with Gasteiger partial charge in [-0.1, -0.05) is 17.3 Å². The van der Waals surface area contributed by atoms with E-state index in [2.05, 4.69) is 10.3 Å². The zero-order valence-electron chi connectivity index (χ0n) is 8.97. The van der Waals surface area contributed by atoms with Crippen molar-refractivity contribution in [1.82, 2.24) is 15.0 Å². The summed E-state index contributed by atoms with van der Waals surface area (Å²) in [6, 6.07) is 6.05. The number of nitrogens with two attached hydrogens (primary N) is 1. The first-order chi connectivity index (χ1) is 7.65. The fourth-order valence-corrected chi connectivity index (χ4v) is 1.57. The molecule has 1 heterocycles. The van der Waals surface area contributed by atoms with Crippen LogP contribution >= 0.6 is 0 Å². The summed E-state index contributed by atoms with van der Waals surface area (Å²) >= 11 is 0. The summed E-state index contributed by atoms with van der Waals surface area (Å²) in [4.78, 5) is 0. The summed E-state index contributed by atoms with van der Waals surface area (Å²) in [5.41, 5.74) is 7.54. The third-order valence-corrected chi connectivity index (χ3v) is 2.36. The molecule has 0 saturated carbocycles. The van der Waals surface area contributed by atoms with Gasteiger partial charge in [0.2, 0.25) is 0 Å². The van der Waals surface area contributed by atoms with Gasteiger partial charge in [-0.2, -0.15) is 0 Å². The summed E-state index contributed by atoms with van der Waals surface area (Å²) in [6.45, 7) is 0. The van der Waals surface area contributed by atoms with Crippen LogP contribution in [-0.2, 0) is 13.5 Å². The topological polar surface area (TPSA) is 56.7 Å². The number of rotatable bonds is 3. The highest BCUT2D eigenvalue weighted by molar-refractivity contribution is 5.21. The molecule has 0 saturated heterocycles.